The lowest BCUT2D eigenvalue weighted by Gasteiger charge is -2.06. The van der Waals surface area contributed by atoms with E-state index < -0.39 is 0 Å². The molecule has 0 unspecified atom stereocenters. The molecule has 1 aromatic carbocycles. The lowest BCUT2D eigenvalue weighted by atomic mass is 10.1. The smallest absolute Gasteiger partial charge is 0.139 e. The standard InChI is InChI=1S/C16H17N3O/c1-10-4-7-14-18-15(16(17)19(14)9-10)13-6-5-12(20-3)8-11(13)2/h4-9H,17H2,1-3H3. The Hall–Kier alpha value is -2.49. The maximum Gasteiger partial charge on any atom is 0.139 e. The zero-order chi connectivity index (χ0) is 14.3. The molecular formula is C16H17N3O. The van der Waals surface area contributed by atoms with Crippen LogP contribution < -0.4 is 10.5 Å². The zero-order valence-corrected chi connectivity index (χ0v) is 11.8. The van der Waals surface area contributed by atoms with Crippen LogP contribution in [-0.2, 0) is 0 Å². The highest BCUT2D eigenvalue weighted by Gasteiger charge is 2.13. The number of ether oxygens (including phenoxy) is 1. The fraction of sp³-hybridized carbons (Fsp3) is 0.188. The van der Waals surface area contributed by atoms with Crippen molar-refractivity contribution in [2.24, 2.45) is 0 Å². The first kappa shape index (κ1) is 12.5. The van der Waals surface area contributed by atoms with Gasteiger partial charge in [0.2, 0.25) is 0 Å². The third-order valence-corrected chi connectivity index (χ3v) is 3.49. The summed E-state index contributed by atoms with van der Waals surface area (Å²) in [4.78, 5) is 4.64. The van der Waals surface area contributed by atoms with Crippen molar-refractivity contribution in [3.05, 3.63) is 47.7 Å². The lowest BCUT2D eigenvalue weighted by molar-refractivity contribution is 0.414. The van der Waals surface area contributed by atoms with Crippen LogP contribution in [0.4, 0.5) is 5.82 Å². The molecule has 3 rings (SSSR count). The predicted octanol–water partition coefficient (Wildman–Crippen LogP) is 3.21. The Kier molecular flexibility index (Phi) is 2.86. The van der Waals surface area contributed by atoms with E-state index >= 15 is 0 Å². The van der Waals surface area contributed by atoms with E-state index in [2.05, 4.69) is 4.98 Å². The summed E-state index contributed by atoms with van der Waals surface area (Å²) in [6.07, 6.45) is 2.00. The van der Waals surface area contributed by atoms with E-state index in [1.165, 1.54) is 0 Å². The number of nitrogens with zero attached hydrogens (tertiary/aromatic N) is 2. The molecule has 0 radical (unpaired) electrons. The average molecular weight is 267 g/mol. The Morgan fingerprint density at radius 2 is 1.95 bits per heavy atom. The second-order valence-corrected chi connectivity index (χ2v) is 4.96. The molecule has 4 nitrogen and oxygen atoms in total. The fourth-order valence-corrected chi connectivity index (χ4v) is 2.40. The van der Waals surface area contributed by atoms with Gasteiger partial charge in [-0.15, -0.1) is 0 Å². The number of methoxy groups -OCH3 is 1. The number of rotatable bonds is 2. The number of nitrogens with two attached hydrogens (primary N) is 1. The zero-order valence-electron chi connectivity index (χ0n) is 11.8. The van der Waals surface area contributed by atoms with Crippen LogP contribution in [0.1, 0.15) is 11.1 Å². The SMILES string of the molecule is COc1ccc(-c2nc3ccc(C)cn3c2N)c(C)c1. The van der Waals surface area contributed by atoms with Crippen molar-refractivity contribution >= 4 is 11.5 Å². The number of aromatic nitrogens is 2. The van der Waals surface area contributed by atoms with Crippen molar-refractivity contribution in [3.8, 4) is 17.0 Å². The largest absolute Gasteiger partial charge is 0.497 e. The third kappa shape index (κ3) is 1.90. The van der Waals surface area contributed by atoms with Gasteiger partial charge in [-0.2, -0.15) is 0 Å². The van der Waals surface area contributed by atoms with Crippen molar-refractivity contribution in [1.82, 2.24) is 9.38 Å². The first-order valence-electron chi connectivity index (χ1n) is 6.49. The summed E-state index contributed by atoms with van der Waals surface area (Å²) in [5.74, 6) is 1.50. The molecule has 0 fully saturated rings. The van der Waals surface area contributed by atoms with Crippen LogP contribution in [-0.4, -0.2) is 16.5 Å². The van der Waals surface area contributed by atoms with Crippen molar-refractivity contribution in [2.75, 3.05) is 12.8 Å². The summed E-state index contributed by atoms with van der Waals surface area (Å²) in [6, 6.07) is 9.93. The third-order valence-electron chi connectivity index (χ3n) is 3.49. The molecule has 0 saturated heterocycles. The first-order valence-corrected chi connectivity index (χ1v) is 6.49. The summed E-state index contributed by atoms with van der Waals surface area (Å²) in [6.45, 7) is 4.07. The number of pyridine rings is 1. The number of benzene rings is 1. The first-order chi connectivity index (χ1) is 9.60. The summed E-state index contributed by atoms with van der Waals surface area (Å²) < 4.78 is 7.16. The molecule has 0 aliphatic carbocycles. The molecule has 0 aliphatic rings. The van der Waals surface area contributed by atoms with Crippen molar-refractivity contribution < 1.29 is 4.74 Å². The highest BCUT2D eigenvalue weighted by molar-refractivity contribution is 5.77. The molecule has 20 heavy (non-hydrogen) atoms. The van der Waals surface area contributed by atoms with Crippen molar-refractivity contribution in [3.63, 3.8) is 0 Å². The van der Waals surface area contributed by atoms with Gasteiger partial charge < -0.3 is 10.5 Å². The normalized spacial score (nSPS) is 10.9. The monoisotopic (exact) mass is 267 g/mol. The summed E-state index contributed by atoms with van der Waals surface area (Å²) >= 11 is 0. The highest BCUT2D eigenvalue weighted by Crippen LogP contribution is 2.31. The van der Waals surface area contributed by atoms with Gasteiger partial charge in [-0.3, -0.25) is 4.40 Å². The van der Waals surface area contributed by atoms with Gasteiger partial charge in [0.1, 0.15) is 22.9 Å². The number of hydrogen-bond acceptors (Lipinski definition) is 3. The molecule has 0 amide bonds. The molecule has 4 heteroatoms. The van der Waals surface area contributed by atoms with Crippen LogP contribution in [0.3, 0.4) is 0 Å². The molecule has 2 heterocycles. The van der Waals surface area contributed by atoms with Crippen LogP contribution in [0.15, 0.2) is 36.5 Å². The van der Waals surface area contributed by atoms with Gasteiger partial charge >= 0.3 is 0 Å². The fourth-order valence-electron chi connectivity index (χ4n) is 2.40. The molecule has 3 aromatic rings. The van der Waals surface area contributed by atoms with Gasteiger partial charge in [0.15, 0.2) is 0 Å². The number of aryl methyl sites for hydroxylation is 2. The van der Waals surface area contributed by atoms with Gasteiger partial charge in [0, 0.05) is 11.8 Å². The molecule has 2 aromatic heterocycles. The van der Waals surface area contributed by atoms with Gasteiger partial charge in [-0.05, 0) is 49.2 Å². The highest BCUT2D eigenvalue weighted by atomic mass is 16.5. The van der Waals surface area contributed by atoms with E-state index in [0.29, 0.717) is 5.82 Å². The Labute approximate surface area is 117 Å². The van der Waals surface area contributed by atoms with Crippen molar-refractivity contribution in [2.45, 2.75) is 13.8 Å². The lowest BCUT2D eigenvalue weighted by Crippen LogP contribution is -1.95. The number of nitrogen functional groups attached to an aromatic ring is 1. The maximum absolute atomic E-state index is 6.25. The molecule has 0 spiro atoms. The van der Waals surface area contributed by atoms with Crippen LogP contribution in [0.2, 0.25) is 0 Å². The Morgan fingerprint density at radius 3 is 2.65 bits per heavy atom. The molecule has 2 N–H and O–H groups in total. The van der Waals surface area contributed by atoms with E-state index in [4.69, 9.17) is 10.5 Å². The van der Waals surface area contributed by atoms with E-state index in [1.54, 1.807) is 7.11 Å². The molecule has 0 atom stereocenters. The number of anilines is 1. The molecule has 0 bridgehead atoms. The van der Waals surface area contributed by atoms with Crippen LogP contribution in [0.25, 0.3) is 16.9 Å². The average Bonchev–Trinajstić information content (AvgIpc) is 2.76. The summed E-state index contributed by atoms with van der Waals surface area (Å²) in [5.41, 5.74) is 11.2. The van der Waals surface area contributed by atoms with Crippen LogP contribution in [0.5, 0.6) is 5.75 Å². The number of fused-ring (bicyclic) bond motifs is 1. The summed E-state index contributed by atoms with van der Waals surface area (Å²) in [5, 5.41) is 0. The second kappa shape index (κ2) is 4.56. The molecular weight excluding hydrogens is 250 g/mol. The topological polar surface area (TPSA) is 52.5 Å². The minimum atomic E-state index is 0.664. The van der Waals surface area contributed by atoms with E-state index in [-0.39, 0.29) is 0 Å². The van der Waals surface area contributed by atoms with Crippen molar-refractivity contribution in [1.29, 1.82) is 0 Å². The maximum atomic E-state index is 6.25. The number of imidazole rings is 1. The predicted molar refractivity (Wildman–Crippen MR) is 81.1 cm³/mol. The van der Waals surface area contributed by atoms with Gasteiger partial charge in [0.05, 0.1) is 7.11 Å². The second-order valence-electron chi connectivity index (χ2n) is 4.96. The Balaban J connectivity index is 2.22. The van der Waals surface area contributed by atoms with Gasteiger partial charge in [0.25, 0.3) is 0 Å². The van der Waals surface area contributed by atoms with Gasteiger partial charge in [-0.1, -0.05) is 6.07 Å². The Bertz CT molecular complexity index is 790. The minimum Gasteiger partial charge on any atom is -0.497 e. The number of hydrogen-bond donors (Lipinski definition) is 1. The van der Waals surface area contributed by atoms with E-state index in [0.717, 1.165) is 33.8 Å². The molecule has 0 aliphatic heterocycles. The minimum absolute atomic E-state index is 0.664. The molecule has 102 valence electrons. The van der Waals surface area contributed by atoms with Crippen LogP contribution in [0, 0.1) is 13.8 Å². The van der Waals surface area contributed by atoms with Crippen LogP contribution >= 0.6 is 0 Å². The van der Waals surface area contributed by atoms with E-state index in [9.17, 15) is 0 Å². The Morgan fingerprint density at radius 1 is 1.15 bits per heavy atom. The summed E-state index contributed by atoms with van der Waals surface area (Å²) in [7, 11) is 1.66. The van der Waals surface area contributed by atoms with Gasteiger partial charge in [-0.25, -0.2) is 4.98 Å². The van der Waals surface area contributed by atoms with E-state index in [1.807, 2.05) is 54.8 Å². The molecule has 0 saturated carbocycles. The quantitative estimate of drug-likeness (QED) is 0.775.